The summed E-state index contributed by atoms with van der Waals surface area (Å²) in [4.78, 5) is 4.42. The Morgan fingerprint density at radius 2 is 2.00 bits per heavy atom. The van der Waals surface area contributed by atoms with Crippen LogP contribution in [0.3, 0.4) is 0 Å². The smallest absolute Gasteiger partial charge is 0.153 e. The van der Waals surface area contributed by atoms with Crippen LogP contribution in [0.15, 0.2) is 0 Å². The third-order valence-corrected chi connectivity index (χ3v) is 4.01. The zero-order valence-electron chi connectivity index (χ0n) is 10.0. The molecule has 1 fully saturated rings. The van der Waals surface area contributed by atoms with Gasteiger partial charge in [-0.15, -0.1) is 11.6 Å². The van der Waals surface area contributed by atoms with Gasteiger partial charge < -0.3 is 0 Å². The van der Waals surface area contributed by atoms with E-state index in [9.17, 15) is 0 Å². The van der Waals surface area contributed by atoms with Crippen molar-refractivity contribution in [1.29, 1.82) is 0 Å². The molecule has 1 aromatic rings. The molecule has 0 radical (unpaired) electrons. The monoisotopic (exact) mass is 241 g/mol. The molecular weight excluding hydrogens is 222 g/mol. The van der Waals surface area contributed by atoms with Gasteiger partial charge in [-0.2, -0.15) is 5.10 Å². The molecule has 0 unspecified atom stereocenters. The van der Waals surface area contributed by atoms with Crippen LogP contribution < -0.4 is 0 Å². The minimum atomic E-state index is 0.425. The van der Waals surface area contributed by atoms with Crippen molar-refractivity contribution in [1.82, 2.24) is 15.2 Å². The maximum atomic E-state index is 5.71. The van der Waals surface area contributed by atoms with Crippen LogP contribution in [-0.4, -0.2) is 15.2 Å². The van der Waals surface area contributed by atoms with E-state index < -0.39 is 0 Å². The van der Waals surface area contributed by atoms with Gasteiger partial charge in [-0.3, -0.25) is 5.10 Å². The number of hydrogen-bond donors (Lipinski definition) is 1. The first kappa shape index (κ1) is 11.9. The van der Waals surface area contributed by atoms with E-state index >= 15 is 0 Å². The van der Waals surface area contributed by atoms with E-state index in [1.807, 2.05) is 0 Å². The predicted octanol–water partition coefficient (Wildman–Crippen LogP) is 3.47. The predicted molar refractivity (Wildman–Crippen MR) is 65.5 cm³/mol. The highest BCUT2D eigenvalue weighted by molar-refractivity contribution is 6.16. The molecule has 0 aromatic carbocycles. The lowest BCUT2D eigenvalue weighted by molar-refractivity contribution is 0.255. The molecule has 4 heteroatoms. The number of halogens is 1. The van der Waals surface area contributed by atoms with Crippen LogP contribution in [0, 0.1) is 11.8 Å². The van der Waals surface area contributed by atoms with Gasteiger partial charge in [0, 0.05) is 5.92 Å². The Bertz CT molecular complexity index is 327. The fourth-order valence-electron chi connectivity index (χ4n) is 2.60. The molecule has 0 atom stereocenters. The lowest BCUT2D eigenvalue weighted by Gasteiger charge is -2.29. The van der Waals surface area contributed by atoms with E-state index in [0.29, 0.717) is 11.8 Å². The fraction of sp³-hybridized carbons (Fsp3) is 0.833. The molecule has 3 nitrogen and oxygen atoms in total. The molecule has 0 bridgehead atoms. The molecule has 1 aliphatic rings. The summed E-state index contributed by atoms with van der Waals surface area (Å²) < 4.78 is 0. The first-order valence-corrected chi connectivity index (χ1v) is 6.71. The third-order valence-electron chi connectivity index (χ3n) is 3.76. The van der Waals surface area contributed by atoms with Gasteiger partial charge in [0.25, 0.3) is 0 Å². The summed E-state index contributed by atoms with van der Waals surface area (Å²) in [5.41, 5.74) is 0. The second kappa shape index (κ2) is 5.17. The van der Waals surface area contributed by atoms with Crippen LogP contribution in [-0.2, 0) is 5.88 Å². The van der Waals surface area contributed by atoms with E-state index in [1.54, 1.807) is 0 Å². The molecule has 0 saturated heterocycles. The lowest BCUT2D eigenvalue weighted by atomic mass is 9.77. The zero-order valence-corrected chi connectivity index (χ0v) is 10.8. The van der Waals surface area contributed by atoms with E-state index in [0.717, 1.165) is 23.5 Å². The summed E-state index contributed by atoms with van der Waals surface area (Å²) in [6.45, 7) is 4.65. The summed E-state index contributed by atoms with van der Waals surface area (Å²) in [5.74, 6) is 4.44. The average molecular weight is 242 g/mol. The van der Waals surface area contributed by atoms with Gasteiger partial charge in [-0.25, -0.2) is 4.98 Å². The third kappa shape index (κ3) is 2.57. The second-order valence-corrected chi connectivity index (χ2v) is 5.40. The van der Waals surface area contributed by atoms with Crippen molar-refractivity contribution in [2.45, 2.75) is 51.3 Å². The standard InChI is InChI=1S/C12H20ClN3/c1-8(2)9-3-5-10(6-4-9)12-14-11(7-13)15-16-12/h8-10H,3-7H2,1-2H3,(H,14,15,16). The molecule has 1 heterocycles. The van der Waals surface area contributed by atoms with Gasteiger partial charge in [-0.1, -0.05) is 13.8 Å². The Morgan fingerprint density at radius 3 is 2.50 bits per heavy atom. The first-order valence-electron chi connectivity index (χ1n) is 6.17. The normalized spacial score (nSPS) is 26.2. The van der Waals surface area contributed by atoms with Crippen LogP contribution >= 0.6 is 11.6 Å². The minimum absolute atomic E-state index is 0.425. The molecule has 1 aliphatic carbocycles. The second-order valence-electron chi connectivity index (χ2n) is 5.13. The van der Waals surface area contributed by atoms with Gasteiger partial charge >= 0.3 is 0 Å². The molecule has 2 rings (SSSR count). The number of hydrogen-bond acceptors (Lipinski definition) is 2. The number of rotatable bonds is 3. The molecule has 1 aromatic heterocycles. The number of nitrogens with zero attached hydrogens (tertiary/aromatic N) is 2. The Hall–Kier alpha value is -0.570. The van der Waals surface area contributed by atoms with Crippen LogP contribution in [0.2, 0.25) is 0 Å². The quantitative estimate of drug-likeness (QED) is 0.824. The Balaban J connectivity index is 1.93. The Kier molecular flexibility index (Phi) is 3.85. The van der Waals surface area contributed by atoms with Crippen molar-refractivity contribution < 1.29 is 0 Å². The first-order chi connectivity index (χ1) is 7.70. The number of H-pyrrole nitrogens is 1. The van der Waals surface area contributed by atoms with Crippen molar-refractivity contribution in [2.24, 2.45) is 11.8 Å². The van der Waals surface area contributed by atoms with Gasteiger partial charge in [0.15, 0.2) is 5.82 Å². The maximum absolute atomic E-state index is 5.71. The van der Waals surface area contributed by atoms with Crippen LogP contribution in [0.4, 0.5) is 0 Å². The number of nitrogens with one attached hydrogen (secondary N) is 1. The highest BCUT2D eigenvalue weighted by atomic mass is 35.5. The van der Waals surface area contributed by atoms with Crippen LogP contribution in [0.25, 0.3) is 0 Å². The summed E-state index contributed by atoms with van der Waals surface area (Å²) in [6, 6.07) is 0. The van der Waals surface area contributed by atoms with Gasteiger partial charge in [0.2, 0.25) is 0 Å². The van der Waals surface area contributed by atoms with Crippen LogP contribution in [0.5, 0.6) is 0 Å². The van der Waals surface area contributed by atoms with Crippen molar-refractivity contribution in [2.75, 3.05) is 0 Å². The fourth-order valence-corrected chi connectivity index (χ4v) is 2.72. The molecule has 0 aliphatic heterocycles. The summed E-state index contributed by atoms with van der Waals surface area (Å²) in [7, 11) is 0. The van der Waals surface area contributed by atoms with E-state index in [1.165, 1.54) is 25.7 Å². The SMILES string of the molecule is CC(C)C1CCC(c2n[nH]c(CCl)n2)CC1. The van der Waals surface area contributed by atoms with Crippen molar-refractivity contribution >= 4 is 11.6 Å². The molecule has 90 valence electrons. The van der Waals surface area contributed by atoms with Gasteiger partial charge in [-0.05, 0) is 37.5 Å². The molecule has 1 N–H and O–H groups in total. The summed E-state index contributed by atoms with van der Waals surface area (Å²) >= 11 is 5.71. The molecule has 16 heavy (non-hydrogen) atoms. The van der Waals surface area contributed by atoms with Gasteiger partial charge in [0.05, 0.1) is 5.88 Å². The Morgan fingerprint density at radius 1 is 1.31 bits per heavy atom. The topological polar surface area (TPSA) is 41.6 Å². The summed E-state index contributed by atoms with van der Waals surface area (Å²) in [5, 5.41) is 7.15. The molecule has 1 saturated carbocycles. The van der Waals surface area contributed by atoms with Crippen molar-refractivity contribution in [3.63, 3.8) is 0 Å². The van der Waals surface area contributed by atoms with E-state index in [2.05, 4.69) is 29.0 Å². The minimum Gasteiger partial charge on any atom is -0.262 e. The largest absolute Gasteiger partial charge is 0.262 e. The maximum Gasteiger partial charge on any atom is 0.153 e. The van der Waals surface area contributed by atoms with Gasteiger partial charge in [0.1, 0.15) is 5.82 Å². The molecule has 0 spiro atoms. The van der Waals surface area contributed by atoms with Crippen molar-refractivity contribution in [3.05, 3.63) is 11.6 Å². The average Bonchev–Trinajstić information content (AvgIpc) is 2.77. The lowest BCUT2D eigenvalue weighted by Crippen LogP contribution is -2.18. The van der Waals surface area contributed by atoms with Crippen LogP contribution in [0.1, 0.15) is 57.1 Å². The molecular formula is C12H20ClN3. The zero-order chi connectivity index (χ0) is 11.5. The highest BCUT2D eigenvalue weighted by Gasteiger charge is 2.26. The highest BCUT2D eigenvalue weighted by Crippen LogP contribution is 2.37. The Labute approximate surface area is 102 Å². The molecule has 0 amide bonds. The number of aromatic amines is 1. The number of alkyl halides is 1. The van der Waals surface area contributed by atoms with E-state index in [4.69, 9.17) is 11.6 Å². The van der Waals surface area contributed by atoms with E-state index in [-0.39, 0.29) is 0 Å². The van der Waals surface area contributed by atoms with Crippen molar-refractivity contribution in [3.8, 4) is 0 Å². The summed E-state index contributed by atoms with van der Waals surface area (Å²) in [6.07, 6.45) is 5.07. The number of aromatic nitrogens is 3.